The first kappa shape index (κ1) is 11.0. The van der Waals surface area contributed by atoms with Gasteiger partial charge < -0.3 is 4.74 Å². The van der Waals surface area contributed by atoms with E-state index in [0.29, 0.717) is 6.29 Å². The average Bonchev–Trinajstić information content (AvgIpc) is 2.38. The van der Waals surface area contributed by atoms with Gasteiger partial charge in [-0.3, -0.25) is 4.79 Å². The Labute approximate surface area is 104 Å². The van der Waals surface area contributed by atoms with Crippen molar-refractivity contribution in [3.05, 3.63) is 48.0 Å². The molecular formula is C13H8O4S. The van der Waals surface area contributed by atoms with E-state index in [4.69, 9.17) is 4.74 Å². The first-order chi connectivity index (χ1) is 8.64. The first-order valence-electron chi connectivity index (χ1n) is 5.25. The Bertz CT molecular complexity index is 747. The minimum absolute atomic E-state index is 0.0568. The average molecular weight is 260 g/mol. The Morgan fingerprint density at radius 3 is 2.44 bits per heavy atom. The lowest BCUT2D eigenvalue weighted by Gasteiger charge is -2.20. The SMILES string of the molecule is O=Cc1cccc2c1S(=O)(=O)c1ccccc1O2. The zero-order valence-electron chi connectivity index (χ0n) is 9.16. The number of carbonyl (C=O) groups excluding carboxylic acids is 1. The molecule has 2 aromatic rings. The van der Waals surface area contributed by atoms with E-state index in [1.54, 1.807) is 24.3 Å². The summed E-state index contributed by atoms with van der Waals surface area (Å²) in [5, 5.41) is 0. The molecule has 0 spiro atoms. The molecule has 0 radical (unpaired) electrons. The normalized spacial score (nSPS) is 15.1. The topological polar surface area (TPSA) is 60.4 Å². The second-order valence-corrected chi connectivity index (χ2v) is 5.70. The van der Waals surface area contributed by atoms with Crippen molar-refractivity contribution in [1.82, 2.24) is 0 Å². The smallest absolute Gasteiger partial charge is 0.214 e. The standard InChI is InChI=1S/C13H8O4S/c14-8-9-4-3-6-11-13(9)18(15,16)12-7-2-1-5-10(12)17-11/h1-8H. The highest BCUT2D eigenvalue weighted by Crippen LogP contribution is 2.43. The number of hydrogen-bond donors (Lipinski definition) is 0. The molecule has 0 bridgehead atoms. The number of para-hydroxylation sites is 1. The molecule has 1 heterocycles. The second kappa shape index (κ2) is 3.68. The minimum atomic E-state index is -3.70. The molecule has 0 atom stereocenters. The van der Waals surface area contributed by atoms with E-state index in [1.165, 1.54) is 18.2 Å². The predicted octanol–water partition coefficient (Wildman–Crippen LogP) is 2.44. The molecule has 2 aromatic carbocycles. The molecule has 0 aromatic heterocycles. The minimum Gasteiger partial charge on any atom is -0.455 e. The molecule has 5 heteroatoms. The molecule has 4 nitrogen and oxygen atoms in total. The highest BCUT2D eigenvalue weighted by Gasteiger charge is 2.33. The van der Waals surface area contributed by atoms with Crippen LogP contribution in [0, 0.1) is 0 Å². The van der Waals surface area contributed by atoms with Gasteiger partial charge in [0.2, 0.25) is 9.84 Å². The van der Waals surface area contributed by atoms with Crippen molar-refractivity contribution in [2.45, 2.75) is 9.79 Å². The lowest BCUT2D eigenvalue weighted by Crippen LogP contribution is -2.13. The Morgan fingerprint density at radius 1 is 0.944 bits per heavy atom. The molecule has 3 rings (SSSR count). The van der Waals surface area contributed by atoms with E-state index in [0.717, 1.165) is 0 Å². The van der Waals surface area contributed by atoms with Gasteiger partial charge in [0.25, 0.3) is 0 Å². The molecule has 18 heavy (non-hydrogen) atoms. The second-order valence-electron chi connectivity index (χ2n) is 3.84. The van der Waals surface area contributed by atoms with Gasteiger partial charge in [0.15, 0.2) is 6.29 Å². The van der Waals surface area contributed by atoms with Crippen LogP contribution in [0.1, 0.15) is 10.4 Å². The van der Waals surface area contributed by atoms with Crippen LogP contribution in [0.15, 0.2) is 52.3 Å². The maximum Gasteiger partial charge on any atom is 0.214 e. The summed E-state index contributed by atoms with van der Waals surface area (Å²) in [7, 11) is -3.70. The van der Waals surface area contributed by atoms with Crippen LogP contribution >= 0.6 is 0 Å². The summed E-state index contributed by atoms with van der Waals surface area (Å²) in [5.41, 5.74) is 0.113. The summed E-state index contributed by atoms with van der Waals surface area (Å²) in [6.45, 7) is 0. The third-order valence-electron chi connectivity index (χ3n) is 2.76. The van der Waals surface area contributed by atoms with Crippen LogP contribution in [0.25, 0.3) is 0 Å². The number of ether oxygens (including phenoxy) is 1. The van der Waals surface area contributed by atoms with Gasteiger partial charge in [0.05, 0.1) is 0 Å². The molecule has 0 amide bonds. The molecule has 0 saturated carbocycles. The lowest BCUT2D eigenvalue weighted by molar-refractivity contribution is 0.112. The number of sulfone groups is 1. The fourth-order valence-electron chi connectivity index (χ4n) is 1.98. The van der Waals surface area contributed by atoms with E-state index in [-0.39, 0.29) is 26.9 Å². The van der Waals surface area contributed by atoms with Crippen molar-refractivity contribution in [1.29, 1.82) is 0 Å². The van der Waals surface area contributed by atoms with Crippen molar-refractivity contribution in [2.75, 3.05) is 0 Å². The van der Waals surface area contributed by atoms with Gasteiger partial charge >= 0.3 is 0 Å². The van der Waals surface area contributed by atoms with Gasteiger partial charge in [-0.25, -0.2) is 8.42 Å². The van der Waals surface area contributed by atoms with Crippen LogP contribution in [0.3, 0.4) is 0 Å². The monoisotopic (exact) mass is 260 g/mol. The number of rotatable bonds is 1. The van der Waals surface area contributed by atoms with Crippen LogP contribution in [0.4, 0.5) is 0 Å². The number of hydrogen-bond acceptors (Lipinski definition) is 4. The summed E-state index contributed by atoms with van der Waals surface area (Å²) in [6, 6.07) is 11.0. The number of benzene rings is 2. The van der Waals surface area contributed by atoms with Gasteiger partial charge in [-0.05, 0) is 18.2 Å². The highest BCUT2D eigenvalue weighted by atomic mass is 32.2. The van der Waals surface area contributed by atoms with Crippen LogP contribution in [-0.4, -0.2) is 14.7 Å². The Hall–Kier alpha value is -2.14. The molecular weight excluding hydrogens is 252 g/mol. The Morgan fingerprint density at radius 2 is 1.67 bits per heavy atom. The van der Waals surface area contributed by atoms with Gasteiger partial charge in [-0.2, -0.15) is 0 Å². The van der Waals surface area contributed by atoms with Crippen molar-refractivity contribution < 1.29 is 17.9 Å². The molecule has 0 fully saturated rings. The van der Waals surface area contributed by atoms with Gasteiger partial charge in [-0.1, -0.05) is 24.3 Å². The third-order valence-corrected chi connectivity index (χ3v) is 4.65. The first-order valence-corrected chi connectivity index (χ1v) is 6.73. The fourth-order valence-corrected chi connectivity index (χ4v) is 3.63. The maximum absolute atomic E-state index is 12.4. The number of aldehydes is 1. The van der Waals surface area contributed by atoms with Gasteiger partial charge in [0, 0.05) is 5.56 Å². The Balaban J connectivity index is 2.40. The zero-order chi connectivity index (χ0) is 12.8. The summed E-state index contributed by atoms with van der Waals surface area (Å²) >= 11 is 0. The summed E-state index contributed by atoms with van der Waals surface area (Å²) in [5.74, 6) is 0.478. The molecule has 0 saturated heterocycles. The molecule has 1 aliphatic rings. The number of carbonyl (C=O) groups is 1. The highest BCUT2D eigenvalue weighted by molar-refractivity contribution is 7.91. The van der Waals surface area contributed by atoms with Crippen LogP contribution in [0.5, 0.6) is 11.5 Å². The Kier molecular flexibility index (Phi) is 2.24. The van der Waals surface area contributed by atoms with Gasteiger partial charge in [0.1, 0.15) is 21.3 Å². The summed E-state index contributed by atoms with van der Waals surface area (Å²) < 4.78 is 30.4. The fraction of sp³-hybridized carbons (Fsp3) is 0. The summed E-state index contributed by atoms with van der Waals surface area (Å²) in [4.78, 5) is 11.0. The molecule has 0 aliphatic carbocycles. The van der Waals surface area contributed by atoms with E-state index in [9.17, 15) is 13.2 Å². The van der Waals surface area contributed by atoms with E-state index in [2.05, 4.69) is 0 Å². The third kappa shape index (κ3) is 1.37. The maximum atomic E-state index is 12.4. The number of fused-ring (bicyclic) bond motifs is 2. The zero-order valence-corrected chi connectivity index (χ0v) is 9.98. The van der Waals surface area contributed by atoms with Gasteiger partial charge in [-0.15, -0.1) is 0 Å². The van der Waals surface area contributed by atoms with Crippen molar-refractivity contribution in [2.24, 2.45) is 0 Å². The van der Waals surface area contributed by atoms with Crippen molar-refractivity contribution in [3.63, 3.8) is 0 Å². The summed E-state index contributed by atoms with van der Waals surface area (Å²) in [6.07, 6.45) is 0.522. The molecule has 0 unspecified atom stereocenters. The molecule has 90 valence electrons. The lowest BCUT2D eigenvalue weighted by atomic mass is 10.2. The van der Waals surface area contributed by atoms with Crippen LogP contribution in [-0.2, 0) is 9.84 Å². The molecule has 1 aliphatic heterocycles. The van der Waals surface area contributed by atoms with Crippen molar-refractivity contribution >= 4 is 16.1 Å². The largest absolute Gasteiger partial charge is 0.455 e. The predicted molar refractivity (Wildman–Crippen MR) is 63.8 cm³/mol. The van der Waals surface area contributed by atoms with E-state index < -0.39 is 9.84 Å². The van der Waals surface area contributed by atoms with Crippen LogP contribution in [0.2, 0.25) is 0 Å². The van der Waals surface area contributed by atoms with Crippen molar-refractivity contribution in [3.8, 4) is 11.5 Å². The van der Waals surface area contributed by atoms with E-state index >= 15 is 0 Å². The van der Waals surface area contributed by atoms with Crippen LogP contribution < -0.4 is 4.74 Å². The molecule has 0 N–H and O–H groups in total. The quantitative estimate of drug-likeness (QED) is 0.630. The van der Waals surface area contributed by atoms with E-state index in [1.807, 2.05) is 0 Å².